The average molecular weight is 548 g/mol. The fourth-order valence-corrected chi connectivity index (χ4v) is 7.52. The highest BCUT2D eigenvalue weighted by Gasteiger charge is 2.44. The lowest BCUT2D eigenvalue weighted by molar-refractivity contribution is -0.133. The van der Waals surface area contributed by atoms with Gasteiger partial charge in [-0.1, -0.05) is 39.8 Å². The molecule has 1 N–H and O–H groups in total. The van der Waals surface area contributed by atoms with E-state index in [9.17, 15) is 18.0 Å². The van der Waals surface area contributed by atoms with E-state index in [0.29, 0.717) is 30.6 Å². The van der Waals surface area contributed by atoms with Crippen molar-refractivity contribution >= 4 is 21.7 Å². The molecule has 1 saturated carbocycles. The number of carbonyl (C=O) groups excluding carboxylic acids is 2. The molecule has 2 amide bonds. The number of nitrogens with zero attached hydrogens (tertiary/aromatic N) is 2. The Kier molecular flexibility index (Phi) is 9.72. The van der Waals surface area contributed by atoms with E-state index < -0.39 is 21.1 Å². The van der Waals surface area contributed by atoms with Crippen molar-refractivity contribution in [1.82, 2.24) is 15.1 Å². The first-order valence-corrected chi connectivity index (χ1v) is 16.1. The lowest BCUT2D eigenvalue weighted by Crippen LogP contribution is -2.54. The minimum absolute atomic E-state index is 0.0800. The summed E-state index contributed by atoms with van der Waals surface area (Å²) in [6.07, 6.45) is 3.03. The first kappa shape index (κ1) is 30.6. The van der Waals surface area contributed by atoms with Crippen LogP contribution < -0.4 is 5.32 Å². The first-order chi connectivity index (χ1) is 17.7. The zero-order valence-electron chi connectivity index (χ0n) is 24.7. The number of carbonyl (C=O) groups is 2. The number of amides is 2. The second kappa shape index (κ2) is 12.1. The fraction of sp³-hybridized carbons (Fsp3) is 0.733. The molecule has 1 heterocycles. The zero-order valence-corrected chi connectivity index (χ0v) is 25.5. The number of hydrogen-bond donors (Lipinski definition) is 1. The second-order valence-electron chi connectivity index (χ2n) is 12.8. The number of sulfone groups is 1. The van der Waals surface area contributed by atoms with Gasteiger partial charge in [0.05, 0.1) is 11.0 Å². The highest BCUT2D eigenvalue weighted by atomic mass is 32.2. The molecule has 1 saturated heterocycles. The highest BCUT2D eigenvalue weighted by molar-refractivity contribution is 7.91. The standard InChI is InChI=1S/C30H49N3O4S/c1-9-32(20(2)3)25-13-14-27(23(18-25)19-38(36,37)21(4)5)33-16-15-26(29(33)35)31-28(34)22-11-10-12-24(17-22)30(6,7)8/h10-12,17,20-21,23,25-27H,9,13-16,18-19H2,1-8H3,(H,31,34)/t23-,25-,26+,27+/m1/s1. The molecule has 1 aliphatic carbocycles. The minimum atomic E-state index is -3.26. The quantitative estimate of drug-likeness (QED) is 0.495. The van der Waals surface area contributed by atoms with E-state index >= 15 is 0 Å². The summed E-state index contributed by atoms with van der Waals surface area (Å²) < 4.78 is 26.0. The van der Waals surface area contributed by atoms with Crippen LogP contribution in [0, 0.1) is 5.92 Å². The minimum Gasteiger partial charge on any atom is -0.340 e. The van der Waals surface area contributed by atoms with Crippen molar-refractivity contribution in [3.63, 3.8) is 0 Å². The molecule has 0 bridgehead atoms. The van der Waals surface area contributed by atoms with Crippen LogP contribution in [0.3, 0.4) is 0 Å². The van der Waals surface area contributed by atoms with Crippen molar-refractivity contribution < 1.29 is 18.0 Å². The Morgan fingerprint density at radius 2 is 1.82 bits per heavy atom. The Morgan fingerprint density at radius 3 is 2.39 bits per heavy atom. The molecule has 1 aromatic rings. The van der Waals surface area contributed by atoms with E-state index in [2.05, 4.69) is 51.8 Å². The average Bonchev–Trinajstić information content (AvgIpc) is 3.18. The van der Waals surface area contributed by atoms with Crippen LogP contribution in [0.2, 0.25) is 0 Å². The van der Waals surface area contributed by atoms with Crippen molar-refractivity contribution in [2.45, 2.75) is 116 Å². The molecule has 2 aliphatic rings. The Bertz CT molecular complexity index is 1090. The summed E-state index contributed by atoms with van der Waals surface area (Å²) in [4.78, 5) is 31.0. The topological polar surface area (TPSA) is 86.8 Å². The Hall–Kier alpha value is -1.93. The molecule has 4 atom stereocenters. The molecule has 0 aromatic heterocycles. The van der Waals surface area contributed by atoms with Gasteiger partial charge in [-0.3, -0.25) is 14.5 Å². The summed E-state index contributed by atoms with van der Waals surface area (Å²) in [5, 5.41) is 2.52. The third kappa shape index (κ3) is 6.98. The number of hydrogen-bond acceptors (Lipinski definition) is 5. The third-order valence-electron chi connectivity index (χ3n) is 8.51. The lowest BCUT2D eigenvalue weighted by Gasteiger charge is -2.45. The predicted molar refractivity (Wildman–Crippen MR) is 154 cm³/mol. The molecule has 1 aromatic carbocycles. The molecule has 3 rings (SSSR count). The van der Waals surface area contributed by atoms with E-state index in [4.69, 9.17) is 0 Å². The summed E-state index contributed by atoms with van der Waals surface area (Å²) in [7, 11) is -3.26. The molecule has 2 fully saturated rings. The third-order valence-corrected chi connectivity index (χ3v) is 10.8. The summed E-state index contributed by atoms with van der Waals surface area (Å²) in [5.41, 5.74) is 1.54. The maximum absolute atomic E-state index is 13.6. The van der Waals surface area contributed by atoms with Gasteiger partial charge in [0.25, 0.3) is 5.91 Å². The van der Waals surface area contributed by atoms with Crippen molar-refractivity contribution in [3.05, 3.63) is 35.4 Å². The monoisotopic (exact) mass is 547 g/mol. The van der Waals surface area contributed by atoms with Crippen LogP contribution in [-0.4, -0.2) is 78.3 Å². The molecular weight excluding hydrogens is 498 g/mol. The van der Waals surface area contributed by atoms with Crippen LogP contribution >= 0.6 is 0 Å². The fourth-order valence-electron chi connectivity index (χ4n) is 6.18. The van der Waals surface area contributed by atoms with Gasteiger partial charge >= 0.3 is 0 Å². The van der Waals surface area contributed by atoms with Crippen LogP contribution in [-0.2, 0) is 20.0 Å². The van der Waals surface area contributed by atoms with Crippen molar-refractivity contribution in [1.29, 1.82) is 0 Å². The Balaban J connectivity index is 1.77. The molecule has 1 aliphatic heterocycles. The van der Waals surface area contributed by atoms with Crippen molar-refractivity contribution in [3.8, 4) is 0 Å². The number of benzene rings is 1. The molecule has 7 nitrogen and oxygen atoms in total. The summed E-state index contributed by atoms with van der Waals surface area (Å²) in [5.74, 6) is -0.343. The van der Waals surface area contributed by atoms with E-state index in [1.165, 1.54) is 0 Å². The van der Waals surface area contributed by atoms with Crippen LogP contribution in [0.1, 0.15) is 97.0 Å². The van der Waals surface area contributed by atoms with Crippen LogP contribution in [0.4, 0.5) is 0 Å². The summed E-state index contributed by atoms with van der Waals surface area (Å²) in [6.45, 7) is 17.8. The normalized spacial score (nSPS) is 25.0. The van der Waals surface area contributed by atoms with Crippen LogP contribution in [0.5, 0.6) is 0 Å². The largest absolute Gasteiger partial charge is 0.340 e. The molecule has 0 spiro atoms. The van der Waals surface area contributed by atoms with Gasteiger partial charge in [0.15, 0.2) is 9.84 Å². The highest BCUT2D eigenvalue weighted by Crippen LogP contribution is 2.36. The second-order valence-corrected chi connectivity index (χ2v) is 15.4. The van der Waals surface area contributed by atoms with E-state index in [-0.39, 0.29) is 34.9 Å². The summed E-state index contributed by atoms with van der Waals surface area (Å²) >= 11 is 0. The Labute approximate surface area is 230 Å². The molecule has 214 valence electrons. The zero-order chi connectivity index (χ0) is 28.4. The van der Waals surface area contributed by atoms with Gasteiger partial charge in [0.2, 0.25) is 5.91 Å². The first-order valence-electron chi connectivity index (χ1n) is 14.3. The number of likely N-dealkylation sites (tertiary alicyclic amines) is 1. The molecule has 0 radical (unpaired) electrons. The Morgan fingerprint density at radius 1 is 1.13 bits per heavy atom. The lowest BCUT2D eigenvalue weighted by atomic mass is 9.80. The molecule has 0 unspecified atom stereocenters. The van der Waals surface area contributed by atoms with E-state index in [1.54, 1.807) is 19.9 Å². The van der Waals surface area contributed by atoms with E-state index in [0.717, 1.165) is 31.4 Å². The molecular formula is C30H49N3O4S. The van der Waals surface area contributed by atoms with Gasteiger partial charge in [0.1, 0.15) is 6.04 Å². The van der Waals surface area contributed by atoms with Gasteiger partial charge in [-0.2, -0.15) is 0 Å². The van der Waals surface area contributed by atoms with E-state index in [1.807, 2.05) is 23.1 Å². The van der Waals surface area contributed by atoms with Gasteiger partial charge < -0.3 is 10.2 Å². The van der Waals surface area contributed by atoms with Gasteiger partial charge in [-0.25, -0.2) is 8.42 Å². The SMILES string of the molecule is CCN(C(C)C)[C@@H]1CC[C@H](N2CC[C@H](NC(=O)c3cccc(C(C)(C)C)c3)C2=O)[C@@H](CS(=O)(=O)C(C)C)C1. The van der Waals surface area contributed by atoms with Gasteiger partial charge in [-0.15, -0.1) is 0 Å². The maximum atomic E-state index is 13.6. The number of nitrogens with one attached hydrogen (secondary N) is 1. The predicted octanol–water partition coefficient (Wildman–Crippen LogP) is 4.41. The van der Waals surface area contributed by atoms with Gasteiger partial charge in [-0.05, 0) is 89.0 Å². The van der Waals surface area contributed by atoms with Crippen molar-refractivity contribution in [2.75, 3.05) is 18.8 Å². The van der Waals surface area contributed by atoms with Gasteiger partial charge in [0, 0.05) is 30.2 Å². The maximum Gasteiger partial charge on any atom is 0.251 e. The van der Waals surface area contributed by atoms with Crippen LogP contribution in [0.25, 0.3) is 0 Å². The molecule has 38 heavy (non-hydrogen) atoms. The smallest absolute Gasteiger partial charge is 0.251 e. The van der Waals surface area contributed by atoms with Crippen LogP contribution in [0.15, 0.2) is 24.3 Å². The van der Waals surface area contributed by atoms with Crippen molar-refractivity contribution in [2.24, 2.45) is 5.92 Å². The summed E-state index contributed by atoms with van der Waals surface area (Å²) in [6, 6.07) is 7.57. The number of rotatable bonds is 9. The molecule has 8 heteroatoms.